The van der Waals surface area contributed by atoms with Crippen LogP contribution >= 0.6 is 11.8 Å². The first-order valence-electron chi connectivity index (χ1n) is 12.6. The van der Waals surface area contributed by atoms with Gasteiger partial charge in [0.25, 0.3) is 0 Å². The minimum absolute atomic E-state index is 0.289. The van der Waals surface area contributed by atoms with E-state index in [-0.39, 0.29) is 6.10 Å². The standard InChI is InChI=1S/C25H53NO2S/c1-4-5-6-7-8-9-10-11-12-13-14-15-16-17-21-28-24-25(27)19-23-29-22-18-20-26(2)3/h25,27H,4-24H2,1-3H3. The lowest BCUT2D eigenvalue weighted by Crippen LogP contribution is -2.17. The van der Waals surface area contributed by atoms with Gasteiger partial charge in [0.1, 0.15) is 0 Å². The molecule has 0 fully saturated rings. The van der Waals surface area contributed by atoms with Crippen LogP contribution in [0.1, 0.15) is 110 Å². The average Bonchev–Trinajstić information content (AvgIpc) is 2.70. The topological polar surface area (TPSA) is 32.7 Å². The molecule has 0 aliphatic carbocycles. The van der Waals surface area contributed by atoms with Gasteiger partial charge in [-0.3, -0.25) is 0 Å². The first kappa shape index (κ1) is 29.2. The van der Waals surface area contributed by atoms with Gasteiger partial charge < -0.3 is 14.7 Å². The number of rotatable bonds is 24. The molecule has 29 heavy (non-hydrogen) atoms. The molecule has 3 nitrogen and oxygen atoms in total. The average molecular weight is 432 g/mol. The van der Waals surface area contributed by atoms with Crippen molar-refractivity contribution in [2.24, 2.45) is 0 Å². The molecule has 0 spiro atoms. The van der Waals surface area contributed by atoms with Crippen LogP contribution in [0.3, 0.4) is 0 Å². The van der Waals surface area contributed by atoms with Crippen LogP contribution in [0.2, 0.25) is 0 Å². The lowest BCUT2D eigenvalue weighted by molar-refractivity contribution is 0.0340. The van der Waals surface area contributed by atoms with Gasteiger partial charge in [0, 0.05) is 6.61 Å². The second kappa shape index (κ2) is 24.5. The van der Waals surface area contributed by atoms with Crippen LogP contribution in [-0.4, -0.2) is 61.5 Å². The molecule has 0 radical (unpaired) electrons. The first-order valence-corrected chi connectivity index (χ1v) is 13.8. The second-order valence-corrected chi connectivity index (χ2v) is 10.1. The summed E-state index contributed by atoms with van der Waals surface area (Å²) in [4.78, 5) is 2.22. The molecule has 0 heterocycles. The Morgan fingerprint density at radius 1 is 0.724 bits per heavy atom. The summed E-state index contributed by atoms with van der Waals surface area (Å²) < 4.78 is 5.65. The minimum atomic E-state index is -0.289. The molecule has 0 saturated carbocycles. The number of hydrogen-bond acceptors (Lipinski definition) is 4. The van der Waals surface area contributed by atoms with E-state index in [0.717, 1.165) is 31.7 Å². The maximum absolute atomic E-state index is 9.96. The third-order valence-electron chi connectivity index (χ3n) is 5.44. The number of unbranched alkanes of at least 4 members (excludes halogenated alkanes) is 13. The molecule has 0 bridgehead atoms. The van der Waals surface area contributed by atoms with E-state index in [9.17, 15) is 5.11 Å². The summed E-state index contributed by atoms with van der Waals surface area (Å²) in [5.41, 5.74) is 0. The Morgan fingerprint density at radius 2 is 1.24 bits per heavy atom. The van der Waals surface area contributed by atoms with Gasteiger partial charge in [-0.2, -0.15) is 11.8 Å². The maximum Gasteiger partial charge on any atom is 0.0781 e. The van der Waals surface area contributed by atoms with Gasteiger partial charge in [-0.25, -0.2) is 0 Å². The molecule has 0 aromatic rings. The number of hydrogen-bond donors (Lipinski definition) is 1. The molecule has 0 aromatic heterocycles. The smallest absolute Gasteiger partial charge is 0.0781 e. The van der Waals surface area contributed by atoms with Crippen molar-refractivity contribution < 1.29 is 9.84 Å². The van der Waals surface area contributed by atoms with Crippen molar-refractivity contribution in [2.45, 2.75) is 116 Å². The fourth-order valence-electron chi connectivity index (χ4n) is 3.51. The molecule has 0 aliphatic heterocycles. The Kier molecular flexibility index (Phi) is 24.7. The Bertz CT molecular complexity index is 303. The van der Waals surface area contributed by atoms with E-state index in [4.69, 9.17) is 4.74 Å². The summed E-state index contributed by atoms with van der Waals surface area (Å²) in [6.07, 6.45) is 21.2. The Morgan fingerprint density at radius 3 is 1.76 bits per heavy atom. The molecule has 0 amide bonds. The zero-order valence-electron chi connectivity index (χ0n) is 20.1. The van der Waals surface area contributed by atoms with E-state index in [1.54, 1.807) is 0 Å². The van der Waals surface area contributed by atoms with Crippen molar-refractivity contribution in [3.05, 3.63) is 0 Å². The van der Waals surface area contributed by atoms with Crippen LogP contribution in [0.4, 0.5) is 0 Å². The second-order valence-electron chi connectivity index (χ2n) is 8.88. The number of thioether (sulfide) groups is 1. The molecule has 176 valence electrons. The van der Waals surface area contributed by atoms with Gasteiger partial charge in [0.05, 0.1) is 12.7 Å². The fourth-order valence-corrected chi connectivity index (χ4v) is 4.48. The van der Waals surface area contributed by atoms with Gasteiger partial charge in [0.2, 0.25) is 0 Å². The van der Waals surface area contributed by atoms with E-state index >= 15 is 0 Å². The van der Waals surface area contributed by atoms with Crippen molar-refractivity contribution >= 4 is 11.8 Å². The van der Waals surface area contributed by atoms with Crippen LogP contribution in [0, 0.1) is 0 Å². The number of aliphatic hydroxyl groups is 1. The van der Waals surface area contributed by atoms with Gasteiger partial charge in [-0.05, 0) is 51.4 Å². The minimum Gasteiger partial charge on any atom is -0.391 e. The van der Waals surface area contributed by atoms with Crippen molar-refractivity contribution in [2.75, 3.05) is 45.4 Å². The predicted molar refractivity (Wildman–Crippen MR) is 132 cm³/mol. The van der Waals surface area contributed by atoms with Crippen molar-refractivity contribution in [1.82, 2.24) is 4.90 Å². The fraction of sp³-hybridized carbons (Fsp3) is 1.00. The van der Waals surface area contributed by atoms with Crippen LogP contribution in [0.5, 0.6) is 0 Å². The molecule has 1 unspecified atom stereocenters. The van der Waals surface area contributed by atoms with Crippen molar-refractivity contribution in [3.63, 3.8) is 0 Å². The van der Waals surface area contributed by atoms with E-state index in [1.807, 2.05) is 11.8 Å². The van der Waals surface area contributed by atoms with Crippen molar-refractivity contribution in [3.8, 4) is 0 Å². The van der Waals surface area contributed by atoms with E-state index in [2.05, 4.69) is 25.9 Å². The monoisotopic (exact) mass is 431 g/mol. The Labute approximate surface area is 187 Å². The zero-order chi connectivity index (χ0) is 21.4. The lowest BCUT2D eigenvalue weighted by atomic mass is 10.0. The van der Waals surface area contributed by atoms with Crippen molar-refractivity contribution in [1.29, 1.82) is 0 Å². The Balaban J connectivity index is 3.12. The highest BCUT2D eigenvalue weighted by Gasteiger charge is 2.04. The van der Waals surface area contributed by atoms with Crippen LogP contribution in [0.15, 0.2) is 0 Å². The molecule has 0 aliphatic rings. The molecule has 0 saturated heterocycles. The highest BCUT2D eigenvalue weighted by molar-refractivity contribution is 7.99. The highest BCUT2D eigenvalue weighted by Crippen LogP contribution is 2.13. The maximum atomic E-state index is 9.96. The SMILES string of the molecule is CCCCCCCCCCCCCCCCOCC(O)CCSCCCN(C)C. The summed E-state index contributed by atoms with van der Waals surface area (Å²) in [6, 6.07) is 0. The molecule has 0 aromatic carbocycles. The lowest BCUT2D eigenvalue weighted by Gasteiger charge is -2.12. The van der Waals surface area contributed by atoms with Crippen LogP contribution in [-0.2, 0) is 4.74 Å². The molecule has 1 N–H and O–H groups in total. The van der Waals surface area contributed by atoms with E-state index < -0.39 is 0 Å². The van der Waals surface area contributed by atoms with Gasteiger partial charge in [-0.15, -0.1) is 0 Å². The zero-order valence-corrected chi connectivity index (χ0v) is 21.0. The summed E-state index contributed by atoms with van der Waals surface area (Å²) in [6.45, 7) is 4.76. The summed E-state index contributed by atoms with van der Waals surface area (Å²) in [7, 11) is 4.23. The molecule has 1 atom stereocenters. The molecule has 4 heteroatoms. The van der Waals surface area contributed by atoms with E-state index in [1.165, 1.54) is 95.6 Å². The molecular weight excluding hydrogens is 378 g/mol. The number of aliphatic hydroxyl groups excluding tert-OH is 1. The van der Waals surface area contributed by atoms with Gasteiger partial charge >= 0.3 is 0 Å². The first-order chi connectivity index (χ1) is 14.2. The third kappa shape index (κ3) is 26.2. The van der Waals surface area contributed by atoms with E-state index in [0.29, 0.717) is 6.61 Å². The van der Waals surface area contributed by atoms with Crippen LogP contribution < -0.4 is 0 Å². The van der Waals surface area contributed by atoms with Gasteiger partial charge in [-0.1, -0.05) is 90.4 Å². The van der Waals surface area contributed by atoms with Crippen LogP contribution in [0.25, 0.3) is 0 Å². The normalized spacial score (nSPS) is 12.7. The number of ether oxygens (including phenoxy) is 1. The predicted octanol–water partition coefficient (Wildman–Crippen LogP) is 6.92. The summed E-state index contributed by atoms with van der Waals surface area (Å²) >= 11 is 1.95. The highest BCUT2D eigenvalue weighted by atomic mass is 32.2. The number of nitrogens with zero attached hydrogens (tertiary/aromatic N) is 1. The molecular formula is C25H53NO2S. The quantitative estimate of drug-likeness (QED) is 0.168. The summed E-state index contributed by atoms with van der Waals surface area (Å²) in [5.74, 6) is 2.22. The van der Waals surface area contributed by atoms with Gasteiger partial charge in [0.15, 0.2) is 0 Å². The summed E-state index contributed by atoms with van der Waals surface area (Å²) in [5, 5.41) is 9.96. The molecule has 0 rings (SSSR count). The third-order valence-corrected chi connectivity index (χ3v) is 6.54. The Hall–Kier alpha value is 0.230. The largest absolute Gasteiger partial charge is 0.391 e.